The first kappa shape index (κ1) is 19.4. The zero-order chi connectivity index (χ0) is 19.1. The number of nitrogens with one attached hydrogen (secondary N) is 2. The molecule has 1 aromatic carbocycles. The molecule has 27 heavy (non-hydrogen) atoms. The van der Waals surface area contributed by atoms with Crippen LogP contribution >= 0.6 is 11.6 Å². The first-order valence-corrected chi connectivity index (χ1v) is 9.18. The largest absolute Gasteiger partial charge is 0.495 e. The van der Waals surface area contributed by atoms with E-state index in [2.05, 4.69) is 20.5 Å². The summed E-state index contributed by atoms with van der Waals surface area (Å²) in [6.45, 7) is 5.22. The maximum absolute atomic E-state index is 12.4. The van der Waals surface area contributed by atoms with Crippen LogP contribution in [0.2, 0.25) is 5.02 Å². The van der Waals surface area contributed by atoms with Crippen molar-refractivity contribution in [2.75, 3.05) is 57.1 Å². The van der Waals surface area contributed by atoms with Crippen LogP contribution in [-0.4, -0.2) is 62.3 Å². The Kier molecular flexibility index (Phi) is 6.86. The molecule has 8 heteroatoms. The van der Waals surface area contributed by atoms with Gasteiger partial charge >= 0.3 is 0 Å². The molecular weight excluding hydrogens is 368 g/mol. The number of nitrogens with zero attached hydrogens (tertiary/aromatic N) is 2. The highest BCUT2D eigenvalue weighted by Crippen LogP contribution is 2.28. The number of carbonyl (C=O) groups excluding carboxylic acids is 1. The highest BCUT2D eigenvalue weighted by Gasteiger charge is 2.12. The summed E-state index contributed by atoms with van der Waals surface area (Å²) in [5, 5.41) is 6.59. The van der Waals surface area contributed by atoms with Gasteiger partial charge in [0, 0.05) is 37.4 Å². The van der Waals surface area contributed by atoms with Crippen molar-refractivity contribution >= 4 is 29.0 Å². The molecule has 0 bridgehead atoms. The van der Waals surface area contributed by atoms with Crippen molar-refractivity contribution in [1.29, 1.82) is 0 Å². The summed E-state index contributed by atoms with van der Waals surface area (Å²) < 4.78 is 10.6. The number of methoxy groups -OCH3 is 1. The van der Waals surface area contributed by atoms with E-state index < -0.39 is 0 Å². The molecule has 1 aliphatic rings. The van der Waals surface area contributed by atoms with Gasteiger partial charge < -0.3 is 20.1 Å². The van der Waals surface area contributed by atoms with Gasteiger partial charge in [0.1, 0.15) is 11.6 Å². The number of anilines is 2. The van der Waals surface area contributed by atoms with Crippen LogP contribution in [0.3, 0.4) is 0 Å². The van der Waals surface area contributed by atoms with E-state index in [-0.39, 0.29) is 5.91 Å². The normalized spacial score (nSPS) is 14.6. The Morgan fingerprint density at radius 3 is 2.81 bits per heavy atom. The SMILES string of the molecule is COc1ccc(Cl)cc1NC(=O)c1ccc(NCCN2CCOCC2)nc1. The highest BCUT2D eigenvalue weighted by atomic mass is 35.5. The summed E-state index contributed by atoms with van der Waals surface area (Å²) in [4.78, 5) is 19.1. The molecule has 2 N–H and O–H groups in total. The van der Waals surface area contributed by atoms with Gasteiger partial charge in [0.2, 0.25) is 0 Å². The van der Waals surface area contributed by atoms with E-state index >= 15 is 0 Å². The summed E-state index contributed by atoms with van der Waals surface area (Å²) in [6.07, 6.45) is 1.55. The third kappa shape index (κ3) is 5.56. The minimum Gasteiger partial charge on any atom is -0.495 e. The molecule has 144 valence electrons. The van der Waals surface area contributed by atoms with Crippen molar-refractivity contribution in [3.8, 4) is 5.75 Å². The van der Waals surface area contributed by atoms with Crippen molar-refractivity contribution in [3.63, 3.8) is 0 Å². The molecule has 0 radical (unpaired) electrons. The van der Waals surface area contributed by atoms with E-state index in [1.54, 1.807) is 36.5 Å². The molecule has 1 aromatic heterocycles. The lowest BCUT2D eigenvalue weighted by molar-refractivity contribution is 0.0398. The molecule has 1 saturated heterocycles. The van der Waals surface area contributed by atoms with Gasteiger partial charge in [0.25, 0.3) is 5.91 Å². The lowest BCUT2D eigenvalue weighted by Crippen LogP contribution is -2.39. The molecule has 7 nitrogen and oxygen atoms in total. The Labute approximate surface area is 163 Å². The second-order valence-corrected chi connectivity index (χ2v) is 6.55. The van der Waals surface area contributed by atoms with Gasteiger partial charge in [-0.15, -0.1) is 0 Å². The van der Waals surface area contributed by atoms with Crippen LogP contribution in [0.25, 0.3) is 0 Å². The number of morpholine rings is 1. The topological polar surface area (TPSA) is 75.7 Å². The van der Waals surface area contributed by atoms with E-state index in [4.69, 9.17) is 21.1 Å². The maximum atomic E-state index is 12.4. The van der Waals surface area contributed by atoms with Crippen LogP contribution in [0.5, 0.6) is 5.75 Å². The number of amides is 1. The molecule has 1 aliphatic heterocycles. The number of benzene rings is 1. The highest BCUT2D eigenvalue weighted by molar-refractivity contribution is 6.31. The molecule has 0 aliphatic carbocycles. The van der Waals surface area contributed by atoms with Gasteiger partial charge in [0.15, 0.2) is 0 Å². The Morgan fingerprint density at radius 2 is 2.11 bits per heavy atom. The number of rotatable bonds is 7. The smallest absolute Gasteiger partial charge is 0.257 e. The van der Waals surface area contributed by atoms with Crippen LogP contribution in [0.1, 0.15) is 10.4 Å². The second kappa shape index (κ2) is 9.55. The standard InChI is InChI=1S/C19H23ClN4O3/c1-26-17-4-3-15(20)12-16(17)23-19(25)14-2-5-18(22-13-14)21-6-7-24-8-10-27-11-9-24/h2-5,12-13H,6-11H2,1H3,(H,21,22)(H,23,25). The van der Waals surface area contributed by atoms with Gasteiger partial charge in [-0.2, -0.15) is 0 Å². The molecule has 2 heterocycles. The average Bonchev–Trinajstić information content (AvgIpc) is 2.69. The molecule has 0 saturated carbocycles. The number of hydrogen-bond acceptors (Lipinski definition) is 6. The van der Waals surface area contributed by atoms with Crippen LogP contribution < -0.4 is 15.4 Å². The van der Waals surface area contributed by atoms with Gasteiger partial charge in [-0.05, 0) is 30.3 Å². The number of hydrogen-bond donors (Lipinski definition) is 2. The number of ether oxygens (including phenoxy) is 2. The van der Waals surface area contributed by atoms with Crippen LogP contribution in [0, 0.1) is 0 Å². The maximum Gasteiger partial charge on any atom is 0.257 e. The Balaban J connectivity index is 1.53. The van der Waals surface area contributed by atoms with Gasteiger partial charge in [0.05, 0.1) is 31.6 Å². The third-order valence-electron chi connectivity index (χ3n) is 4.27. The summed E-state index contributed by atoms with van der Waals surface area (Å²) in [5.74, 6) is 1.00. The fourth-order valence-corrected chi connectivity index (χ4v) is 2.94. The first-order chi connectivity index (χ1) is 13.2. The molecule has 0 spiro atoms. The minimum absolute atomic E-state index is 0.275. The summed E-state index contributed by atoms with van der Waals surface area (Å²) >= 11 is 5.99. The van der Waals surface area contributed by atoms with Crippen molar-refractivity contribution in [1.82, 2.24) is 9.88 Å². The van der Waals surface area contributed by atoms with Crippen molar-refractivity contribution in [2.24, 2.45) is 0 Å². The second-order valence-electron chi connectivity index (χ2n) is 6.11. The summed E-state index contributed by atoms with van der Waals surface area (Å²) in [7, 11) is 1.54. The monoisotopic (exact) mass is 390 g/mol. The molecule has 0 unspecified atom stereocenters. The number of carbonyl (C=O) groups is 1. The number of halogens is 1. The third-order valence-corrected chi connectivity index (χ3v) is 4.51. The van der Waals surface area contributed by atoms with E-state index in [0.717, 1.165) is 45.2 Å². The first-order valence-electron chi connectivity index (χ1n) is 8.80. The van der Waals surface area contributed by atoms with Crippen LogP contribution in [0.4, 0.5) is 11.5 Å². The van der Waals surface area contributed by atoms with Crippen LogP contribution in [-0.2, 0) is 4.74 Å². The molecule has 1 amide bonds. The lowest BCUT2D eigenvalue weighted by Gasteiger charge is -2.26. The van der Waals surface area contributed by atoms with E-state index in [1.807, 2.05) is 0 Å². The van der Waals surface area contributed by atoms with Crippen molar-refractivity contribution < 1.29 is 14.3 Å². The Hall–Kier alpha value is -2.35. The quantitative estimate of drug-likeness (QED) is 0.757. The Bertz CT molecular complexity index is 764. The Morgan fingerprint density at radius 1 is 1.30 bits per heavy atom. The van der Waals surface area contributed by atoms with Crippen LogP contribution in [0.15, 0.2) is 36.5 Å². The lowest BCUT2D eigenvalue weighted by atomic mass is 10.2. The zero-order valence-corrected chi connectivity index (χ0v) is 16.0. The summed E-state index contributed by atoms with van der Waals surface area (Å²) in [5.41, 5.74) is 0.971. The number of aromatic nitrogens is 1. The zero-order valence-electron chi connectivity index (χ0n) is 15.2. The predicted octanol–water partition coefficient (Wildman–Crippen LogP) is 2.74. The predicted molar refractivity (Wildman–Crippen MR) is 106 cm³/mol. The van der Waals surface area contributed by atoms with Crippen molar-refractivity contribution in [2.45, 2.75) is 0 Å². The minimum atomic E-state index is -0.275. The molecular formula is C19H23ClN4O3. The van der Waals surface area contributed by atoms with E-state index in [9.17, 15) is 4.79 Å². The fourth-order valence-electron chi connectivity index (χ4n) is 2.77. The van der Waals surface area contributed by atoms with Crippen molar-refractivity contribution in [3.05, 3.63) is 47.1 Å². The van der Waals surface area contributed by atoms with Gasteiger partial charge in [-0.3, -0.25) is 9.69 Å². The molecule has 3 rings (SSSR count). The number of pyridine rings is 1. The summed E-state index contributed by atoms with van der Waals surface area (Å²) in [6, 6.07) is 8.58. The molecule has 2 aromatic rings. The average molecular weight is 391 g/mol. The molecule has 0 atom stereocenters. The van der Waals surface area contributed by atoms with Gasteiger partial charge in [-0.1, -0.05) is 11.6 Å². The van der Waals surface area contributed by atoms with Gasteiger partial charge in [-0.25, -0.2) is 4.98 Å². The van der Waals surface area contributed by atoms with E-state index in [0.29, 0.717) is 22.0 Å². The fraction of sp³-hybridized carbons (Fsp3) is 0.368. The molecule has 1 fully saturated rings. The van der Waals surface area contributed by atoms with E-state index in [1.165, 1.54) is 7.11 Å².